The van der Waals surface area contributed by atoms with Crippen molar-refractivity contribution in [3.63, 3.8) is 0 Å². The van der Waals surface area contributed by atoms with Crippen LogP contribution < -0.4 is 0 Å². The number of hydrogen-bond acceptors (Lipinski definition) is 2. The Morgan fingerprint density at radius 2 is 2.16 bits per heavy atom. The third-order valence-electron chi connectivity index (χ3n) is 3.70. The van der Waals surface area contributed by atoms with Crippen molar-refractivity contribution in [2.75, 3.05) is 19.7 Å². The molecule has 0 saturated carbocycles. The van der Waals surface area contributed by atoms with Crippen molar-refractivity contribution < 1.29 is 9.53 Å². The lowest BCUT2D eigenvalue weighted by Crippen LogP contribution is -2.45. The molecular formula is C15H18N2O2. The minimum Gasteiger partial charge on any atom is -0.375 e. The van der Waals surface area contributed by atoms with Crippen LogP contribution in [0.5, 0.6) is 0 Å². The minimum atomic E-state index is 0.0915. The Morgan fingerprint density at radius 1 is 1.37 bits per heavy atom. The number of amides is 1. The van der Waals surface area contributed by atoms with E-state index in [1.807, 2.05) is 53.8 Å². The number of ether oxygens (including phenoxy) is 1. The predicted molar refractivity (Wildman–Crippen MR) is 74.2 cm³/mol. The standard InChI is InChI=1S/C15H18N2O2/c1-11-10-17(7-8-19-11)15(18)14-9-12-5-3-4-6-13(12)16(14)2/h3-6,9,11H,7-8,10H2,1-2H3. The molecule has 100 valence electrons. The molecule has 2 aromatic rings. The first-order valence-corrected chi connectivity index (χ1v) is 6.62. The summed E-state index contributed by atoms with van der Waals surface area (Å²) in [6, 6.07) is 10.0. The molecule has 4 heteroatoms. The first-order valence-electron chi connectivity index (χ1n) is 6.62. The number of benzene rings is 1. The van der Waals surface area contributed by atoms with Crippen LogP contribution in [0.3, 0.4) is 0 Å². The van der Waals surface area contributed by atoms with Crippen molar-refractivity contribution >= 4 is 16.8 Å². The molecule has 1 aromatic carbocycles. The van der Waals surface area contributed by atoms with Crippen molar-refractivity contribution in [1.29, 1.82) is 0 Å². The first-order chi connectivity index (χ1) is 9.16. The Morgan fingerprint density at radius 3 is 2.89 bits per heavy atom. The van der Waals surface area contributed by atoms with Crippen molar-refractivity contribution in [3.05, 3.63) is 36.0 Å². The van der Waals surface area contributed by atoms with Gasteiger partial charge in [-0.1, -0.05) is 18.2 Å². The summed E-state index contributed by atoms with van der Waals surface area (Å²) in [6.45, 7) is 3.96. The summed E-state index contributed by atoms with van der Waals surface area (Å²) in [5.41, 5.74) is 1.84. The second-order valence-corrected chi connectivity index (χ2v) is 5.08. The number of carbonyl (C=O) groups is 1. The van der Waals surface area contributed by atoms with Gasteiger partial charge in [0.1, 0.15) is 5.69 Å². The van der Waals surface area contributed by atoms with Gasteiger partial charge in [0.2, 0.25) is 0 Å². The normalized spacial score (nSPS) is 19.9. The highest BCUT2D eigenvalue weighted by molar-refractivity contribution is 5.98. The van der Waals surface area contributed by atoms with Gasteiger partial charge in [-0.3, -0.25) is 4.79 Å². The fourth-order valence-electron chi connectivity index (χ4n) is 2.66. The third-order valence-corrected chi connectivity index (χ3v) is 3.70. The van der Waals surface area contributed by atoms with Crippen molar-refractivity contribution in [3.8, 4) is 0 Å². The van der Waals surface area contributed by atoms with E-state index in [-0.39, 0.29) is 12.0 Å². The predicted octanol–water partition coefficient (Wildman–Crippen LogP) is 2.04. The number of para-hydroxylation sites is 1. The maximum atomic E-state index is 12.6. The Hall–Kier alpha value is -1.81. The van der Waals surface area contributed by atoms with E-state index in [9.17, 15) is 4.79 Å². The summed E-state index contributed by atoms with van der Waals surface area (Å²) in [5, 5.41) is 1.11. The largest absolute Gasteiger partial charge is 0.375 e. The number of aryl methyl sites for hydroxylation is 1. The summed E-state index contributed by atoms with van der Waals surface area (Å²) in [5.74, 6) is 0.0915. The van der Waals surface area contributed by atoms with Gasteiger partial charge in [0.05, 0.1) is 12.7 Å². The Labute approximate surface area is 112 Å². The zero-order valence-electron chi connectivity index (χ0n) is 11.3. The van der Waals surface area contributed by atoms with Gasteiger partial charge in [0.25, 0.3) is 5.91 Å². The zero-order chi connectivity index (χ0) is 13.4. The highest BCUT2D eigenvalue weighted by Gasteiger charge is 2.24. The van der Waals surface area contributed by atoms with E-state index in [4.69, 9.17) is 4.74 Å². The maximum absolute atomic E-state index is 12.6. The van der Waals surface area contributed by atoms with Crippen LogP contribution in [0.4, 0.5) is 0 Å². The first kappa shape index (κ1) is 12.2. The van der Waals surface area contributed by atoms with E-state index in [2.05, 4.69) is 0 Å². The Balaban J connectivity index is 1.95. The molecule has 4 nitrogen and oxygen atoms in total. The number of morpholine rings is 1. The number of carbonyl (C=O) groups excluding carboxylic acids is 1. The molecule has 0 aliphatic carbocycles. The summed E-state index contributed by atoms with van der Waals surface area (Å²) < 4.78 is 7.45. The summed E-state index contributed by atoms with van der Waals surface area (Å²) in [7, 11) is 1.94. The Kier molecular flexibility index (Phi) is 3.03. The van der Waals surface area contributed by atoms with Gasteiger partial charge >= 0.3 is 0 Å². The molecule has 1 saturated heterocycles. The fraction of sp³-hybridized carbons (Fsp3) is 0.400. The number of nitrogens with zero attached hydrogens (tertiary/aromatic N) is 2. The molecule has 0 N–H and O–H groups in total. The van der Waals surface area contributed by atoms with Crippen LogP contribution in [0.15, 0.2) is 30.3 Å². The van der Waals surface area contributed by atoms with Gasteiger partial charge in [-0.25, -0.2) is 0 Å². The SMILES string of the molecule is CC1CN(C(=O)c2cc3ccccc3n2C)CCO1. The quantitative estimate of drug-likeness (QED) is 0.784. The minimum absolute atomic E-state index is 0.0915. The van der Waals surface area contributed by atoms with E-state index in [1.165, 1.54) is 0 Å². The van der Waals surface area contributed by atoms with Crippen LogP contribution >= 0.6 is 0 Å². The molecule has 1 unspecified atom stereocenters. The molecule has 1 amide bonds. The van der Waals surface area contributed by atoms with Gasteiger partial charge in [-0.15, -0.1) is 0 Å². The molecule has 1 aliphatic rings. The van der Waals surface area contributed by atoms with Gasteiger partial charge in [0.15, 0.2) is 0 Å². The van der Waals surface area contributed by atoms with Crippen LogP contribution in [0.1, 0.15) is 17.4 Å². The topological polar surface area (TPSA) is 34.5 Å². The molecule has 2 heterocycles. The molecule has 1 aromatic heterocycles. The van der Waals surface area contributed by atoms with Crippen molar-refractivity contribution in [1.82, 2.24) is 9.47 Å². The van der Waals surface area contributed by atoms with Crippen molar-refractivity contribution in [2.45, 2.75) is 13.0 Å². The van der Waals surface area contributed by atoms with Crippen LogP contribution in [0.2, 0.25) is 0 Å². The number of aromatic nitrogens is 1. The maximum Gasteiger partial charge on any atom is 0.270 e. The van der Waals surface area contributed by atoms with Crippen LogP contribution in [-0.2, 0) is 11.8 Å². The average molecular weight is 258 g/mol. The summed E-state index contributed by atoms with van der Waals surface area (Å²) >= 11 is 0. The highest BCUT2D eigenvalue weighted by atomic mass is 16.5. The van der Waals surface area contributed by atoms with Gasteiger partial charge in [-0.05, 0) is 19.1 Å². The van der Waals surface area contributed by atoms with Gasteiger partial charge < -0.3 is 14.2 Å². The number of fused-ring (bicyclic) bond motifs is 1. The highest BCUT2D eigenvalue weighted by Crippen LogP contribution is 2.20. The van der Waals surface area contributed by atoms with Crippen LogP contribution in [0, 0.1) is 0 Å². The zero-order valence-corrected chi connectivity index (χ0v) is 11.3. The van der Waals surface area contributed by atoms with E-state index in [1.54, 1.807) is 0 Å². The lowest BCUT2D eigenvalue weighted by atomic mass is 10.2. The van der Waals surface area contributed by atoms with E-state index in [0.29, 0.717) is 19.7 Å². The van der Waals surface area contributed by atoms with Crippen molar-refractivity contribution in [2.24, 2.45) is 7.05 Å². The summed E-state index contributed by atoms with van der Waals surface area (Å²) in [6.07, 6.45) is 0.118. The second kappa shape index (κ2) is 4.70. The van der Waals surface area contributed by atoms with E-state index >= 15 is 0 Å². The van der Waals surface area contributed by atoms with E-state index in [0.717, 1.165) is 16.6 Å². The molecule has 3 rings (SSSR count). The monoisotopic (exact) mass is 258 g/mol. The smallest absolute Gasteiger partial charge is 0.270 e. The molecule has 19 heavy (non-hydrogen) atoms. The van der Waals surface area contributed by atoms with E-state index < -0.39 is 0 Å². The molecule has 1 fully saturated rings. The van der Waals surface area contributed by atoms with Crippen LogP contribution in [-0.4, -0.2) is 41.2 Å². The van der Waals surface area contributed by atoms with Gasteiger partial charge in [0, 0.05) is 31.0 Å². The number of rotatable bonds is 1. The lowest BCUT2D eigenvalue weighted by Gasteiger charge is -2.31. The molecule has 0 radical (unpaired) electrons. The van der Waals surface area contributed by atoms with Gasteiger partial charge in [-0.2, -0.15) is 0 Å². The molecular weight excluding hydrogens is 240 g/mol. The third kappa shape index (κ3) is 2.12. The second-order valence-electron chi connectivity index (χ2n) is 5.08. The molecule has 0 spiro atoms. The Bertz CT molecular complexity index is 618. The van der Waals surface area contributed by atoms with Crippen LogP contribution in [0.25, 0.3) is 10.9 Å². The lowest BCUT2D eigenvalue weighted by molar-refractivity contribution is -0.0127. The molecule has 0 bridgehead atoms. The average Bonchev–Trinajstić information content (AvgIpc) is 2.76. The molecule has 1 atom stereocenters. The number of hydrogen-bond donors (Lipinski definition) is 0. The fourth-order valence-corrected chi connectivity index (χ4v) is 2.66. The molecule has 1 aliphatic heterocycles. The summed E-state index contributed by atoms with van der Waals surface area (Å²) in [4.78, 5) is 14.5.